The van der Waals surface area contributed by atoms with Gasteiger partial charge in [0.2, 0.25) is 5.91 Å². The third-order valence-electron chi connectivity index (χ3n) is 4.30. The molecule has 2 aromatic carbocycles. The minimum atomic E-state index is -0.113. The third-order valence-corrected chi connectivity index (χ3v) is 4.30. The van der Waals surface area contributed by atoms with Gasteiger partial charge in [0.1, 0.15) is 17.3 Å². The Balaban J connectivity index is 1.79. The van der Waals surface area contributed by atoms with Gasteiger partial charge in [0, 0.05) is 24.3 Å². The third kappa shape index (κ3) is 5.04. The standard InChI is InChI=1S/C23H23NO4/c1-26-20-12-10-19(22(15-20)27-2)11-13-23(25)24(17-21-9-6-14-28-21)16-18-7-4-3-5-8-18/h3-15H,16-17H2,1-2H3. The van der Waals surface area contributed by atoms with Crippen LogP contribution in [0.25, 0.3) is 6.08 Å². The molecule has 0 unspecified atom stereocenters. The maximum absolute atomic E-state index is 12.9. The highest BCUT2D eigenvalue weighted by molar-refractivity contribution is 5.92. The lowest BCUT2D eigenvalue weighted by Crippen LogP contribution is -2.28. The Hall–Kier alpha value is -3.47. The van der Waals surface area contributed by atoms with E-state index >= 15 is 0 Å². The van der Waals surface area contributed by atoms with Gasteiger partial charge in [-0.15, -0.1) is 0 Å². The summed E-state index contributed by atoms with van der Waals surface area (Å²) >= 11 is 0. The van der Waals surface area contributed by atoms with E-state index in [4.69, 9.17) is 13.9 Å². The molecule has 0 aliphatic heterocycles. The van der Waals surface area contributed by atoms with Crippen molar-refractivity contribution in [3.8, 4) is 11.5 Å². The molecule has 0 bridgehead atoms. The summed E-state index contributed by atoms with van der Waals surface area (Å²) in [5.74, 6) is 1.96. The van der Waals surface area contributed by atoms with Crippen molar-refractivity contribution in [2.45, 2.75) is 13.1 Å². The Labute approximate surface area is 164 Å². The van der Waals surface area contributed by atoms with E-state index in [9.17, 15) is 4.79 Å². The highest BCUT2D eigenvalue weighted by atomic mass is 16.5. The number of rotatable bonds is 8. The molecule has 0 aliphatic rings. The SMILES string of the molecule is COc1ccc(C=CC(=O)N(Cc2ccccc2)Cc2ccco2)c(OC)c1. The fraction of sp³-hybridized carbons (Fsp3) is 0.174. The Morgan fingerprint density at radius 2 is 1.82 bits per heavy atom. The van der Waals surface area contributed by atoms with Gasteiger partial charge in [0.25, 0.3) is 0 Å². The molecule has 3 aromatic rings. The Bertz CT molecular complexity index is 917. The van der Waals surface area contributed by atoms with Gasteiger partial charge in [-0.1, -0.05) is 30.3 Å². The average Bonchev–Trinajstić information content (AvgIpc) is 3.25. The quantitative estimate of drug-likeness (QED) is 0.541. The van der Waals surface area contributed by atoms with Gasteiger partial charge in [-0.3, -0.25) is 4.79 Å². The van der Waals surface area contributed by atoms with Crippen LogP contribution in [0.15, 0.2) is 77.4 Å². The normalized spacial score (nSPS) is 10.8. The first-order valence-electron chi connectivity index (χ1n) is 8.95. The van der Waals surface area contributed by atoms with Crippen molar-refractivity contribution in [2.75, 3.05) is 14.2 Å². The van der Waals surface area contributed by atoms with E-state index in [0.717, 1.165) is 16.9 Å². The van der Waals surface area contributed by atoms with Crippen molar-refractivity contribution in [2.24, 2.45) is 0 Å². The van der Waals surface area contributed by atoms with E-state index in [2.05, 4.69) is 0 Å². The summed E-state index contributed by atoms with van der Waals surface area (Å²) in [6.07, 6.45) is 4.91. The van der Waals surface area contributed by atoms with E-state index in [1.165, 1.54) is 0 Å². The molecule has 0 fully saturated rings. The van der Waals surface area contributed by atoms with Crippen LogP contribution in [0.5, 0.6) is 11.5 Å². The molecule has 0 atom stereocenters. The van der Waals surface area contributed by atoms with E-state index in [1.807, 2.05) is 54.6 Å². The summed E-state index contributed by atoms with van der Waals surface area (Å²) in [5, 5.41) is 0. The summed E-state index contributed by atoms with van der Waals surface area (Å²) in [4.78, 5) is 14.6. The second-order valence-electron chi connectivity index (χ2n) is 6.20. The maximum Gasteiger partial charge on any atom is 0.247 e. The lowest BCUT2D eigenvalue weighted by atomic mass is 10.1. The summed E-state index contributed by atoms with van der Waals surface area (Å²) in [6.45, 7) is 0.884. The molecule has 1 heterocycles. The van der Waals surface area contributed by atoms with Crippen molar-refractivity contribution < 1.29 is 18.7 Å². The molecule has 1 amide bonds. The fourth-order valence-electron chi connectivity index (χ4n) is 2.83. The number of nitrogens with zero attached hydrogens (tertiary/aromatic N) is 1. The molecule has 0 radical (unpaired) electrons. The smallest absolute Gasteiger partial charge is 0.247 e. The molecule has 28 heavy (non-hydrogen) atoms. The lowest BCUT2D eigenvalue weighted by Gasteiger charge is -2.20. The van der Waals surface area contributed by atoms with Gasteiger partial charge in [0.05, 0.1) is 27.0 Å². The minimum Gasteiger partial charge on any atom is -0.497 e. The highest BCUT2D eigenvalue weighted by Gasteiger charge is 2.14. The first kappa shape index (κ1) is 19.3. The number of methoxy groups -OCH3 is 2. The zero-order valence-electron chi connectivity index (χ0n) is 16.0. The maximum atomic E-state index is 12.9. The minimum absolute atomic E-state index is 0.113. The topological polar surface area (TPSA) is 51.9 Å². The van der Waals surface area contributed by atoms with Crippen LogP contribution in [0.4, 0.5) is 0 Å². The van der Waals surface area contributed by atoms with Crippen LogP contribution in [0.1, 0.15) is 16.9 Å². The molecule has 3 rings (SSSR count). The number of ether oxygens (including phenoxy) is 2. The van der Waals surface area contributed by atoms with Crippen molar-refractivity contribution in [1.29, 1.82) is 0 Å². The Morgan fingerprint density at radius 3 is 2.50 bits per heavy atom. The Kier molecular flexibility index (Phi) is 6.52. The number of hydrogen-bond acceptors (Lipinski definition) is 4. The molecule has 144 valence electrons. The predicted molar refractivity (Wildman–Crippen MR) is 108 cm³/mol. The van der Waals surface area contributed by atoms with Crippen molar-refractivity contribution in [1.82, 2.24) is 4.90 Å². The second kappa shape index (κ2) is 9.46. The monoisotopic (exact) mass is 377 g/mol. The van der Waals surface area contributed by atoms with Crippen LogP contribution in [-0.2, 0) is 17.9 Å². The number of benzene rings is 2. The van der Waals surface area contributed by atoms with Crippen LogP contribution in [-0.4, -0.2) is 25.0 Å². The van der Waals surface area contributed by atoms with E-state index in [1.54, 1.807) is 43.6 Å². The predicted octanol–water partition coefficient (Wildman–Crippen LogP) is 4.54. The van der Waals surface area contributed by atoms with E-state index in [0.29, 0.717) is 24.6 Å². The molecule has 0 N–H and O–H groups in total. The van der Waals surface area contributed by atoms with Crippen molar-refractivity contribution >= 4 is 12.0 Å². The van der Waals surface area contributed by atoms with Crippen LogP contribution in [0.2, 0.25) is 0 Å². The molecule has 0 saturated carbocycles. The van der Waals surface area contributed by atoms with Gasteiger partial charge < -0.3 is 18.8 Å². The lowest BCUT2D eigenvalue weighted by molar-refractivity contribution is -0.127. The number of amides is 1. The zero-order chi connectivity index (χ0) is 19.8. The number of carbonyl (C=O) groups excluding carboxylic acids is 1. The molecule has 5 heteroatoms. The molecule has 5 nitrogen and oxygen atoms in total. The van der Waals surface area contributed by atoms with Crippen molar-refractivity contribution in [3.05, 3.63) is 89.9 Å². The summed E-state index contributed by atoms with van der Waals surface area (Å²) in [5.41, 5.74) is 1.85. The van der Waals surface area contributed by atoms with Gasteiger partial charge in [-0.25, -0.2) is 0 Å². The van der Waals surface area contributed by atoms with Gasteiger partial charge in [0.15, 0.2) is 0 Å². The summed E-state index contributed by atoms with van der Waals surface area (Å²) in [6, 6.07) is 19.0. The molecular weight excluding hydrogens is 354 g/mol. The molecule has 1 aromatic heterocycles. The highest BCUT2D eigenvalue weighted by Crippen LogP contribution is 2.25. The van der Waals surface area contributed by atoms with Crippen LogP contribution < -0.4 is 9.47 Å². The van der Waals surface area contributed by atoms with E-state index < -0.39 is 0 Å². The molecule has 0 saturated heterocycles. The Morgan fingerprint density at radius 1 is 1.00 bits per heavy atom. The van der Waals surface area contributed by atoms with Crippen molar-refractivity contribution in [3.63, 3.8) is 0 Å². The average molecular weight is 377 g/mol. The first-order chi connectivity index (χ1) is 13.7. The fourth-order valence-corrected chi connectivity index (χ4v) is 2.83. The van der Waals surface area contributed by atoms with Gasteiger partial charge >= 0.3 is 0 Å². The van der Waals surface area contributed by atoms with Crippen LogP contribution >= 0.6 is 0 Å². The summed E-state index contributed by atoms with van der Waals surface area (Å²) in [7, 11) is 3.19. The zero-order valence-corrected chi connectivity index (χ0v) is 16.0. The largest absolute Gasteiger partial charge is 0.497 e. The number of carbonyl (C=O) groups is 1. The van der Waals surface area contributed by atoms with Crippen LogP contribution in [0.3, 0.4) is 0 Å². The van der Waals surface area contributed by atoms with E-state index in [-0.39, 0.29) is 5.91 Å². The second-order valence-corrected chi connectivity index (χ2v) is 6.20. The first-order valence-corrected chi connectivity index (χ1v) is 8.95. The van der Waals surface area contributed by atoms with Gasteiger partial charge in [-0.05, 0) is 35.9 Å². The van der Waals surface area contributed by atoms with Gasteiger partial charge in [-0.2, -0.15) is 0 Å². The molecule has 0 aliphatic carbocycles. The molecular formula is C23H23NO4. The molecule has 0 spiro atoms. The number of hydrogen-bond donors (Lipinski definition) is 0. The van der Waals surface area contributed by atoms with Crippen LogP contribution in [0, 0.1) is 0 Å². The summed E-state index contributed by atoms with van der Waals surface area (Å²) < 4.78 is 16.0. The number of furan rings is 1.